The second-order valence-electron chi connectivity index (χ2n) is 7.28. The Morgan fingerprint density at radius 2 is 1.95 bits per heavy atom. The van der Waals surface area contributed by atoms with E-state index in [2.05, 4.69) is 15.9 Å². The van der Waals surface area contributed by atoms with Crippen LogP contribution in [0.3, 0.4) is 0 Å². The maximum atomic E-state index is 12.0. The summed E-state index contributed by atoms with van der Waals surface area (Å²) in [6.07, 6.45) is 10.0. The molecule has 0 saturated heterocycles. The minimum absolute atomic E-state index is 0.155. The average Bonchev–Trinajstić information content (AvgIpc) is 2.28. The third-order valence-electron chi connectivity index (χ3n) is 5.52. The highest BCUT2D eigenvalue weighted by atomic mass is 79.9. The summed E-state index contributed by atoms with van der Waals surface area (Å²) in [4.78, 5) is 12.0. The van der Waals surface area contributed by atoms with Gasteiger partial charge < -0.3 is 4.57 Å². The Bertz CT molecular complexity index is 550. The molecule has 1 heterocycles. The lowest BCUT2D eigenvalue weighted by Gasteiger charge is -2.60. The molecule has 0 radical (unpaired) electrons. The molecule has 4 saturated carbocycles. The summed E-state index contributed by atoms with van der Waals surface area (Å²) >= 11 is 4.04. The molecule has 4 bridgehead atoms. The monoisotopic (exact) mass is 321 g/mol. The van der Waals surface area contributed by atoms with Crippen molar-refractivity contribution in [2.75, 3.05) is 0 Å². The average molecular weight is 322 g/mol. The van der Waals surface area contributed by atoms with Crippen molar-refractivity contribution in [1.29, 1.82) is 0 Å². The third kappa shape index (κ3) is 2.01. The molecule has 0 aliphatic heterocycles. The van der Waals surface area contributed by atoms with Crippen LogP contribution in [-0.2, 0) is 6.54 Å². The van der Waals surface area contributed by atoms with Gasteiger partial charge in [-0.05, 0) is 61.8 Å². The van der Waals surface area contributed by atoms with E-state index in [4.69, 9.17) is 0 Å². The Balaban J connectivity index is 1.68. The van der Waals surface area contributed by atoms with Crippen molar-refractivity contribution in [2.45, 2.75) is 49.4 Å². The van der Waals surface area contributed by atoms with Gasteiger partial charge in [0.05, 0.1) is 0 Å². The van der Waals surface area contributed by atoms with Crippen LogP contribution in [0.25, 0.3) is 0 Å². The maximum Gasteiger partial charge on any atom is 0.250 e. The Hall–Kier alpha value is -0.570. The highest BCUT2D eigenvalue weighted by molar-refractivity contribution is 9.10. The number of alkyl halides is 1. The van der Waals surface area contributed by atoms with Gasteiger partial charge in [-0.2, -0.15) is 0 Å². The lowest BCUT2D eigenvalue weighted by atomic mass is 9.49. The van der Waals surface area contributed by atoms with Gasteiger partial charge in [-0.1, -0.05) is 22.0 Å². The first-order valence-corrected chi connectivity index (χ1v) is 8.20. The zero-order chi connectivity index (χ0) is 13.1. The van der Waals surface area contributed by atoms with Crippen molar-refractivity contribution >= 4 is 15.9 Å². The van der Waals surface area contributed by atoms with Crippen molar-refractivity contribution in [3.8, 4) is 0 Å². The molecule has 4 aliphatic rings. The fraction of sp³-hybridized carbons (Fsp3) is 0.688. The number of nitrogens with zero attached hydrogens (tertiary/aromatic N) is 1. The minimum Gasteiger partial charge on any atom is -0.315 e. The molecule has 3 heteroatoms. The lowest BCUT2D eigenvalue weighted by molar-refractivity contribution is -0.0455. The number of aromatic nitrogens is 1. The molecule has 0 amide bonds. The predicted molar refractivity (Wildman–Crippen MR) is 79.5 cm³/mol. The van der Waals surface area contributed by atoms with Gasteiger partial charge in [0, 0.05) is 23.1 Å². The van der Waals surface area contributed by atoms with Crippen molar-refractivity contribution in [3.63, 3.8) is 0 Å². The molecule has 0 aromatic carbocycles. The van der Waals surface area contributed by atoms with Crippen LogP contribution in [0.2, 0.25) is 0 Å². The van der Waals surface area contributed by atoms with E-state index in [1.807, 2.05) is 22.9 Å². The minimum atomic E-state index is 0.155. The fourth-order valence-corrected chi connectivity index (χ4v) is 6.98. The van der Waals surface area contributed by atoms with Crippen LogP contribution >= 0.6 is 15.9 Å². The number of pyridine rings is 1. The van der Waals surface area contributed by atoms with E-state index >= 15 is 0 Å². The molecule has 4 aliphatic carbocycles. The Morgan fingerprint density at radius 1 is 1.21 bits per heavy atom. The smallest absolute Gasteiger partial charge is 0.250 e. The summed E-state index contributed by atoms with van der Waals surface area (Å²) in [5.41, 5.74) is 0.528. The van der Waals surface area contributed by atoms with E-state index in [1.54, 1.807) is 6.07 Å². The molecular formula is C16H20BrNO. The van der Waals surface area contributed by atoms with Gasteiger partial charge in [0.15, 0.2) is 0 Å². The molecule has 1 aromatic rings. The molecular weight excluding hydrogens is 302 g/mol. The van der Waals surface area contributed by atoms with Crippen molar-refractivity contribution in [1.82, 2.24) is 4.57 Å². The second-order valence-corrected chi connectivity index (χ2v) is 8.96. The van der Waals surface area contributed by atoms with Crippen LogP contribution in [-0.4, -0.2) is 8.89 Å². The molecule has 0 spiro atoms. The summed E-state index contributed by atoms with van der Waals surface area (Å²) in [6, 6.07) is 5.50. The summed E-state index contributed by atoms with van der Waals surface area (Å²) in [7, 11) is 0. The van der Waals surface area contributed by atoms with Gasteiger partial charge in [-0.15, -0.1) is 0 Å². The highest BCUT2D eigenvalue weighted by Crippen LogP contribution is 2.64. The molecule has 5 rings (SSSR count). The highest BCUT2D eigenvalue weighted by Gasteiger charge is 2.56. The van der Waals surface area contributed by atoms with Crippen molar-refractivity contribution in [3.05, 3.63) is 34.7 Å². The molecule has 19 heavy (non-hydrogen) atoms. The van der Waals surface area contributed by atoms with Gasteiger partial charge in [0.1, 0.15) is 0 Å². The van der Waals surface area contributed by atoms with Crippen LogP contribution in [0.5, 0.6) is 0 Å². The molecule has 0 N–H and O–H groups in total. The van der Waals surface area contributed by atoms with E-state index in [0.29, 0.717) is 9.74 Å². The van der Waals surface area contributed by atoms with E-state index in [-0.39, 0.29) is 5.56 Å². The molecule has 2 atom stereocenters. The van der Waals surface area contributed by atoms with E-state index < -0.39 is 0 Å². The quantitative estimate of drug-likeness (QED) is 0.763. The molecule has 102 valence electrons. The second kappa shape index (κ2) is 3.97. The first-order valence-electron chi connectivity index (χ1n) is 7.40. The van der Waals surface area contributed by atoms with Gasteiger partial charge >= 0.3 is 0 Å². The lowest BCUT2D eigenvalue weighted by Crippen LogP contribution is -2.54. The summed E-state index contributed by atoms with van der Waals surface area (Å²) in [5, 5.41) is 0. The Labute approximate surface area is 122 Å². The van der Waals surface area contributed by atoms with Crippen molar-refractivity contribution in [2.24, 2.45) is 17.3 Å². The zero-order valence-electron chi connectivity index (χ0n) is 11.1. The maximum absolute atomic E-state index is 12.0. The summed E-state index contributed by atoms with van der Waals surface area (Å²) in [6.45, 7) is 0.924. The van der Waals surface area contributed by atoms with Crippen LogP contribution in [0.4, 0.5) is 0 Å². The fourth-order valence-electron chi connectivity index (χ4n) is 5.47. The molecule has 2 nitrogen and oxygen atoms in total. The van der Waals surface area contributed by atoms with E-state index in [1.165, 1.54) is 38.5 Å². The number of rotatable bonds is 2. The Morgan fingerprint density at radius 3 is 2.58 bits per heavy atom. The predicted octanol–water partition coefficient (Wildman–Crippen LogP) is 3.58. The largest absolute Gasteiger partial charge is 0.315 e. The summed E-state index contributed by atoms with van der Waals surface area (Å²) in [5.74, 6) is 1.78. The van der Waals surface area contributed by atoms with Gasteiger partial charge in [0.25, 0.3) is 5.56 Å². The first kappa shape index (κ1) is 12.2. The number of halogens is 1. The van der Waals surface area contributed by atoms with Gasteiger partial charge in [0.2, 0.25) is 0 Å². The molecule has 1 aromatic heterocycles. The van der Waals surface area contributed by atoms with Crippen LogP contribution in [0.15, 0.2) is 29.2 Å². The summed E-state index contributed by atoms with van der Waals surface area (Å²) < 4.78 is 2.32. The van der Waals surface area contributed by atoms with Crippen molar-refractivity contribution < 1.29 is 0 Å². The topological polar surface area (TPSA) is 22.0 Å². The standard InChI is InChI=1S/C16H20BrNO/c17-16-8-12-5-13(9-16)7-15(6-12,10-16)11-18-4-2-1-3-14(18)19/h1-4,12-13H,5-11H2. The first-order chi connectivity index (χ1) is 9.06. The van der Waals surface area contributed by atoms with Crippen LogP contribution < -0.4 is 5.56 Å². The van der Waals surface area contributed by atoms with Gasteiger partial charge in [-0.25, -0.2) is 0 Å². The molecule has 2 unspecified atom stereocenters. The SMILES string of the molecule is O=c1ccccn1CC12CC3CC(CC(Br)(C3)C1)C2. The normalized spacial score (nSPS) is 43.6. The molecule has 4 fully saturated rings. The van der Waals surface area contributed by atoms with Crippen LogP contribution in [0, 0.1) is 17.3 Å². The van der Waals surface area contributed by atoms with Crippen LogP contribution in [0.1, 0.15) is 38.5 Å². The zero-order valence-corrected chi connectivity index (χ0v) is 12.7. The van der Waals surface area contributed by atoms with Gasteiger partial charge in [-0.3, -0.25) is 4.79 Å². The van der Waals surface area contributed by atoms with E-state index in [0.717, 1.165) is 18.4 Å². The third-order valence-corrected chi connectivity index (χ3v) is 6.44. The van der Waals surface area contributed by atoms with E-state index in [9.17, 15) is 4.79 Å². The number of hydrogen-bond donors (Lipinski definition) is 0. The number of hydrogen-bond acceptors (Lipinski definition) is 1. The Kier molecular flexibility index (Phi) is 2.55.